The van der Waals surface area contributed by atoms with E-state index in [0.29, 0.717) is 19.6 Å². The van der Waals surface area contributed by atoms with Crippen LogP contribution in [0.4, 0.5) is 0 Å². The van der Waals surface area contributed by atoms with Gasteiger partial charge in [-0.2, -0.15) is 0 Å². The predicted octanol–water partition coefficient (Wildman–Crippen LogP) is 7.08. The molecule has 0 fully saturated rings. The molecule has 3 aromatic carbocycles. The van der Waals surface area contributed by atoms with E-state index in [0.717, 1.165) is 54.2 Å². The lowest BCUT2D eigenvalue weighted by atomic mass is 10.0. The Bertz CT molecular complexity index is 1250. The number of hydrogen-bond acceptors (Lipinski definition) is 4. The van der Waals surface area contributed by atoms with E-state index in [1.165, 1.54) is 11.1 Å². The molecule has 36 heavy (non-hydrogen) atoms. The van der Waals surface area contributed by atoms with Crippen molar-refractivity contribution in [2.24, 2.45) is 0 Å². The van der Waals surface area contributed by atoms with E-state index in [-0.39, 0.29) is 5.97 Å². The van der Waals surface area contributed by atoms with E-state index in [9.17, 15) is 4.79 Å². The summed E-state index contributed by atoms with van der Waals surface area (Å²) in [6, 6.07) is 27.2. The van der Waals surface area contributed by atoms with Crippen molar-refractivity contribution >= 4 is 5.97 Å². The Morgan fingerprint density at radius 2 is 1.61 bits per heavy atom. The zero-order chi connectivity index (χ0) is 25.2. The molecule has 4 rings (SSSR count). The third-order valence-electron chi connectivity index (χ3n) is 6.14. The highest BCUT2D eigenvalue weighted by atomic mass is 16.5. The van der Waals surface area contributed by atoms with Crippen LogP contribution in [0.25, 0.3) is 22.5 Å². The molecule has 4 aromatic rings. The average molecular weight is 483 g/mol. The number of ether oxygens (including phenoxy) is 2. The number of rotatable bonds is 12. The van der Waals surface area contributed by atoms with Gasteiger partial charge in [-0.1, -0.05) is 66.7 Å². The molecule has 1 aromatic heterocycles. The lowest BCUT2D eigenvalue weighted by Gasteiger charge is -2.13. The molecule has 0 aliphatic carbocycles. The van der Waals surface area contributed by atoms with E-state index >= 15 is 0 Å². The minimum Gasteiger partial charge on any atom is -0.494 e. The number of aryl methyl sites for hydroxylation is 1. The predicted molar refractivity (Wildman–Crippen MR) is 144 cm³/mol. The van der Waals surface area contributed by atoms with Crippen LogP contribution >= 0.6 is 0 Å². The van der Waals surface area contributed by atoms with E-state index in [2.05, 4.69) is 72.2 Å². The zero-order valence-electron chi connectivity index (χ0n) is 21.2. The number of aromatic nitrogens is 2. The highest BCUT2D eigenvalue weighted by Gasteiger charge is 2.11. The summed E-state index contributed by atoms with van der Waals surface area (Å²) in [6.45, 7) is 5.72. The maximum absolute atomic E-state index is 11.4. The summed E-state index contributed by atoms with van der Waals surface area (Å²) in [6.07, 6.45) is 5.09. The molecule has 0 aliphatic rings. The highest BCUT2D eigenvalue weighted by Crippen LogP contribution is 2.26. The van der Waals surface area contributed by atoms with Crippen LogP contribution in [-0.4, -0.2) is 28.7 Å². The van der Waals surface area contributed by atoms with Crippen molar-refractivity contribution in [3.63, 3.8) is 0 Å². The first-order chi connectivity index (χ1) is 17.6. The standard InChI is InChI=1S/C31H34N2O3/c1-3-35-30(34)15-8-5-9-20-36-29-14-10-11-25(21-29)23-33-24(2)22-32-31(33)28-18-16-27(17-19-28)26-12-6-4-7-13-26/h4,6-7,10-14,16-19,21-22H,3,5,8-9,15,20,23H2,1-2H3. The second-order valence-electron chi connectivity index (χ2n) is 8.86. The summed E-state index contributed by atoms with van der Waals surface area (Å²) in [4.78, 5) is 16.1. The summed E-state index contributed by atoms with van der Waals surface area (Å²) in [7, 11) is 0. The van der Waals surface area contributed by atoms with Gasteiger partial charge in [0.2, 0.25) is 0 Å². The van der Waals surface area contributed by atoms with Gasteiger partial charge in [-0.15, -0.1) is 0 Å². The Labute approximate surface area is 213 Å². The Balaban J connectivity index is 1.36. The van der Waals surface area contributed by atoms with Crippen molar-refractivity contribution < 1.29 is 14.3 Å². The van der Waals surface area contributed by atoms with Gasteiger partial charge in [-0.25, -0.2) is 4.98 Å². The molecule has 0 unspecified atom stereocenters. The number of carbonyl (C=O) groups is 1. The lowest BCUT2D eigenvalue weighted by Crippen LogP contribution is -2.05. The van der Waals surface area contributed by atoms with Crippen LogP contribution in [0.15, 0.2) is 85.1 Å². The number of unbranched alkanes of at least 4 members (excludes halogenated alkanes) is 2. The average Bonchev–Trinajstić information content (AvgIpc) is 3.27. The Kier molecular flexibility index (Phi) is 8.92. The van der Waals surface area contributed by atoms with Gasteiger partial charge in [0.1, 0.15) is 11.6 Å². The maximum Gasteiger partial charge on any atom is 0.305 e. The number of benzene rings is 3. The number of imidazole rings is 1. The topological polar surface area (TPSA) is 53.4 Å². The van der Waals surface area contributed by atoms with Crippen LogP contribution < -0.4 is 4.74 Å². The first kappa shape index (κ1) is 25.2. The van der Waals surface area contributed by atoms with Crippen LogP contribution in [0.3, 0.4) is 0 Å². The third-order valence-corrected chi connectivity index (χ3v) is 6.14. The number of esters is 1. The lowest BCUT2D eigenvalue weighted by molar-refractivity contribution is -0.143. The van der Waals surface area contributed by atoms with Gasteiger partial charge in [0.05, 0.1) is 13.2 Å². The van der Waals surface area contributed by atoms with Crippen LogP contribution in [0.1, 0.15) is 43.9 Å². The Hall–Kier alpha value is -3.86. The van der Waals surface area contributed by atoms with Gasteiger partial charge in [0.15, 0.2) is 0 Å². The smallest absolute Gasteiger partial charge is 0.305 e. The Morgan fingerprint density at radius 3 is 2.39 bits per heavy atom. The van der Waals surface area contributed by atoms with Gasteiger partial charge in [0.25, 0.3) is 0 Å². The third kappa shape index (κ3) is 6.85. The number of nitrogens with zero attached hydrogens (tertiary/aromatic N) is 2. The number of carbonyl (C=O) groups excluding carboxylic acids is 1. The fraction of sp³-hybridized carbons (Fsp3) is 0.290. The fourth-order valence-corrected chi connectivity index (χ4v) is 4.22. The fourth-order valence-electron chi connectivity index (χ4n) is 4.22. The molecular formula is C31H34N2O3. The van der Waals surface area contributed by atoms with Crippen LogP contribution in [0.5, 0.6) is 5.75 Å². The van der Waals surface area contributed by atoms with Crippen molar-refractivity contribution in [1.29, 1.82) is 0 Å². The summed E-state index contributed by atoms with van der Waals surface area (Å²) in [5, 5.41) is 0. The molecule has 0 aliphatic heterocycles. The second-order valence-corrected chi connectivity index (χ2v) is 8.86. The molecule has 0 bridgehead atoms. The largest absolute Gasteiger partial charge is 0.494 e. The van der Waals surface area contributed by atoms with Gasteiger partial charge >= 0.3 is 5.97 Å². The molecule has 186 valence electrons. The van der Waals surface area contributed by atoms with Gasteiger partial charge in [-0.3, -0.25) is 4.79 Å². The molecule has 1 heterocycles. The molecule has 5 heteroatoms. The SMILES string of the molecule is CCOC(=O)CCCCCOc1cccc(Cn2c(C)cnc2-c2ccc(-c3ccccc3)cc2)c1. The first-order valence-electron chi connectivity index (χ1n) is 12.7. The van der Waals surface area contributed by atoms with Crippen LogP contribution in [0.2, 0.25) is 0 Å². The molecule has 0 saturated carbocycles. The van der Waals surface area contributed by atoms with Crippen molar-refractivity contribution in [3.8, 4) is 28.3 Å². The second kappa shape index (κ2) is 12.7. The molecule has 0 amide bonds. The maximum atomic E-state index is 11.4. The van der Waals surface area contributed by atoms with E-state index < -0.39 is 0 Å². The van der Waals surface area contributed by atoms with Crippen molar-refractivity contribution in [2.45, 2.75) is 46.1 Å². The molecule has 0 radical (unpaired) electrons. The van der Waals surface area contributed by atoms with Crippen molar-refractivity contribution in [2.75, 3.05) is 13.2 Å². The highest BCUT2D eigenvalue weighted by molar-refractivity contribution is 5.69. The minimum atomic E-state index is -0.118. The van der Waals surface area contributed by atoms with E-state index in [4.69, 9.17) is 14.5 Å². The molecule has 5 nitrogen and oxygen atoms in total. The van der Waals surface area contributed by atoms with Crippen LogP contribution in [-0.2, 0) is 16.1 Å². The van der Waals surface area contributed by atoms with E-state index in [1.807, 2.05) is 31.3 Å². The Morgan fingerprint density at radius 1 is 0.861 bits per heavy atom. The summed E-state index contributed by atoms with van der Waals surface area (Å²) in [5.74, 6) is 1.71. The summed E-state index contributed by atoms with van der Waals surface area (Å²) < 4.78 is 13.2. The van der Waals surface area contributed by atoms with Gasteiger partial charge < -0.3 is 14.0 Å². The molecule has 0 saturated heterocycles. The van der Waals surface area contributed by atoms with E-state index in [1.54, 1.807) is 0 Å². The van der Waals surface area contributed by atoms with Gasteiger partial charge in [0, 0.05) is 30.4 Å². The first-order valence-corrected chi connectivity index (χ1v) is 12.7. The van der Waals surface area contributed by atoms with Gasteiger partial charge in [-0.05, 0) is 61.9 Å². The minimum absolute atomic E-state index is 0.118. The summed E-state index contributed by atoms with van der Waals surface area (Å²) in [5.41, 5.74) is 5.78. The normalized spacial score (nSPS) is 10.8. The van der Waals surface area contributed by atoms with Crippen LogP contribution in [0, 0.1) is 6.92 Å². The molecule has 0 atom stereocenters. The molecule has 0 N–H and O–H groups in total. The number of hydrogen-bond donors (Lipinski definition) is 0. The summed E-state index contributed by atoms with van der Waals surface area (Å²) >= 11 is 0. The zero-order valence-corrected chi connectivity index (χ0v) is 21.2. The monoisotopic (exact) mass is 482 g/mol. The molecule has 0 spiro atoms. The van der Waals surface area contributed by atoms with Crippen molar-refractivity contribution in [1.82, 2.24) is 9.55 Å². The quantitative estimate of drug-likeness (QED) is 0.160. The van der Waals surface area contributed by atoms with Crippen molar-refractivity contribution in [3.05, 3.63) is 96.3 Å². The molecular weight excluding hydrogens is 448 g/mol.